The maximum Gasteiger partial charge on any atom is 0.00671 e. The molecule has 0 rings (SSSR count). The zero-order valence-electron chi connectivity index (χ0n) is 11.8. The highest BCUT2D eigenvalue weighted by Gasteiger charge is 2.16. The first-order chi connectivity index (χ1) is 7.67. The van der Waals surface area contributed by atoms with Crippen molar-refractivity contribution < 1.29 is 0 Å². The van der Waals surface area contributed by atoms with Gasteiger partial charge in [0.15, 0.2) is 0 Å². The Labute approximate surface area is 103 Å². The largest absolute Gasteiger partial charge is 0.330 e. The second kappa shape index (κ2) is 10.1. The zero-order valence-corrected chi connectivity index (χ0v) is 11.8. The fourth-order valence-electron chi connectivity index (χ4n) is 2.14. The second-order valence-electron chi connectivity index (χ2n) is 4.96. The molecule has 0 amide bonds. The Kier molecular flexibility index (Phi) is 10.0. The van der Waals surface area contributed by atoms with Crippen LogP contribution in [0.4, 0.5) is 0 Å². The summed E-state index contributed by atoms with van der Waals surface area (Å²) in [7, 11) is 0. The van der Waals surface area contributed by atoms with Crippen molar-refractivity contribution in [3.63, 3.8) is 0 Å². The highest BCUT2D eigenvalue weighted by molar-refractivity contribution is 4.71. The molecule has 0 heterocycles. The molecular weight excluding hydrogens is 196 g/mol. The van der Waals surface area contributed by atoms with Crippen molar-refractivity contribution in [2.75, 3.05) is 13.1 Å². The normalized spacial score (nSPS) is 15.4. The van der Waals surface area contributed by atoms with E-state index < -0.39 is 0 Å². The van der Waals surface area contributed by atoms with Crippen LogP contribution in [0.3, 0.4) is 0 Å². The summed E-state index contributed by atoms with van der Waals surface area (Å²) in [6.07, 6.45) is 7.66. The van der Waals surface area contributed by atoms with E-state index in [1.165, 1.54) is 45.1 Å². The third-order valence-electron chi connectivity index (χ3n) is 3.68. The summed E-state index contributed by atoms with van der Waals surface area (Å²) in [6, 6.07) is 1.45. The van der Waals surface area contributed by atoms with E-state index in [0.29, 0.717) is 0 Å². The van der Waals surface area contributed by atoms with Crippen molar-refractivity contribution in [1.29, 1.82) is 0 Å². The fourth-order valence-corrected chi connectivity index (χ4v) is 2.14. The molecule has 0 aliphatic carbocycles. The highest BCUT2D eigenvalue weighted by Crippen LogP contribution is 2.13. The SMILES string of the molecule is CCC(C)N(CCCCCCN)C(C)CC. The average molecular weight is 228 g/mol. The molecule has 2 N–H and O–H groups in total. The Bertz CT molecular complexity index is 138. The first kappa shape index (κ1) is 15.9. The monoisotopic (exact) mass is 228 g/mol. The number of nitrogens with zero attached hydrogens (tertiary/aromatic N) is 1. The molecule has 0 aromatic carbocycles. The molecule has 98 valence electrons. The molecule has 2 nitrogen and oxygen atoms in total. The summed E-state index contributed by atoms with van der Waals surface area (Å²) in [5, 5.41) is 0. The molecule has 2 unspecified atom stereocenters. The minimum Gasteiger partial charge on any atom is -0.330 e. The Morgan fingerprint density at radius 3 is 1.81 bits per heavy atom. The Morgan fingerprint density at radius 2 is 1.38 bits per heavy atom. The van der Waals surface area contributed by atoms with Gasteiger partial charge in [0, 0.05) is 12.1 Å². The molecule has 0 saturated carbocycles. The average Bonchev–Trinajstić information content (AvgIpc) is 2.32. The first-order valence-corrected chi connectivity index (χ1v) is 7.13. The zero-order chi connectivity index (χ0) is 12.4. The topological polar surface area (TPSA) is 29.3 Å². The maximum absolute atomic E-state index is 5.50. The lowest BCUT2D eigenvalue weighted by Crippen LogP contribution is -2.40. The molecular formula is C14H32N2. The van der Waals surface area contributed by atoms with Gasteiger partial charge in [-0.05, 0) is 52.6 Å². The van der Waals surface area contributed by atoms with Crippen molar-refractivity contribution in [2.24, 2.45) is 5.73 Å². The van der Waals surface area contributed by atoms with Gasteiger partial charge in [0.2, 0.25) is 0 Å². The summed E-state index contributed by atoms with van der Waals surface area (Å²) in [5.41, 5.74) is 5.50. The Balaban J connectivity index is 3.83. The minimum absolute atomic E-state index is 0.726. The van der Waals surface area contributed by atoms with Crippen LogP contribution in [0, 0.1) is 0 Å². The van der Waals surface area contributed by atoms with E-state index in [1.807, 2.05) is 0 Å². The van der Waals surface area contributed by atoms with Crippen molar-refractivity contribution in [1.82, 2.24) is 4.90 Å². The first-order valence-electron chi connectivity index (χ1n) is 7.13. The van der Waals surface area contributed by atoms with Crippen LogP contribution in [-0.4, -0.2) is 30.1 Å². The van der Waals surface area contributed by atoms with Gasteiger partial charge >= 0.3 is 0 Å². The molecule has 0 aliphatic heterocycles. The van der Waals surface area contributed by atoms with E-state index in [4.69, 9.17) is 5.73 Å². The van der Waals surface area contributed by atoms with Gasteiger partial charge in [0.25, 0.3) is 0 Å². The quantitative estimate of drug-likeness (QED) is 0.581. The Morgan fingerprint density at radius 1 is 0.875 bits per heavy atom. The molecule has 0 fully saturated rings. The predicted octanol–water partition coefficient (Wildman–Crippen LogP) is 3.40. The lowest BCUT2D eigenvalue weighted by molar-refractivity contribution is 0.143. The van der Waals surface area contributed by atoms with Crippen LogP contribution in [0.2, 0.25) is 0 Å². The minimum atomic E-state index is 0.726. The molecule has 0 aromatic rings. The lowest BCUT2D eigenvalue weighted by Gasteiger charge is -2.33. The number of hydrogen-bond donors (Lipinski definition) is 1. The van der Waals surface area contributed by atoms with E-state index in [-0.39, 0.29) is 0 Å². The van der Waals surface area contributed by atoms with E-state index in [2.05, 4.69) is 32.6 Å². The number of hydrogen-bond acceptors (Lipinski definition) is 2. The molecule has 0 spiro atoms. The van der Waals surface area contributed by atoms with Gasteiger partial charge in [-0.25, -0.2) is 0 Å². The van der Waals surface area contributed by atoms with Crippen LogP contribution in [-0.2, 0) is 0 Å². The third kappa shape index (κ3) is 6.49. The van der Waals surface area contributed by atoms with Gasteiger partial charge in [-0.1, -0.05) is 26.7 Å². The number of rotatable bonds is 10. The summed E-state index contributed by atoms with van der Waals surface area (Å²) in [4.78, 5) is 2.67. The fraction of sp³-hybridized carbons (Fsp3) is 1.00. The van der Waals surface area contributed by atoms with Gasteiger partial charge in [0.1, 0.15) is 0 Å². The molecule has 0 saturated heterocycles. The van der Waals surface area contributed by atoms with Crippen molar-refractivity contribution in [3.05, 3.63) is 0 Å². The highest BCUT2D eigenvalue weighted by atomic mass is 15.2. The van der Waals surface area contributed by atoms with E-state index in [0.717, 1.165) is 18.6 Å². The van der Waals surface area contributed by atoms with Crippen molar-refractivity contribution >= 4 is 0 Å². The van der Waals surface area contributed by atoms with Gasteiger partial charge in [-0.3, -0.25) is 4.90 Å². The van der Waals surface area contributed by atoms with Crippen LogP contribution in [0.25, 0.3) is 0 Å². The maximum atomic E-state index is 5.50. The second-order valence-corrected chi connectivity index (χ2v) is 4.96. The summed E-state index contributed by atoms with van der Waals surface area (Å²) < 4.78 is 0. The van der Waals surface area contributed by atoms with Gasteiger partial charge in [0.05, 0.1) is 0 Å². The van der Waals surface area contributed by atoms with Crippen LogP contribution >= 0.6 is 0 Å². The van der Waals surface area contributed by atoms with Crippen molar-refractivity contribution in [2.45, 2.75) is 78.3 Å². The molecule has 0 aliphatic rings. The molecule has 0 radical (unpaired) electrons. The van der Waals surface area contributed by atoms with E-state index >= 15 is 0 Å². The number of nitrogens with two attached hydrogens (primary N) is 1. The summed E-state index contributed by atoms with van der Waals surface area (Å²) in [5.74, 6) is 0. The molecule has 0 aromatic heterocycles. The molecule has 2 atom stereocenters. The number of unbranched alkanes of at least 4 members (excludes halogenated alkanes) is 3. The van der Waals surface area contributed by atoms with Crippen LogP contribution in [0.1, 0.15) is 66.2 Å². The van der Waals surface area contributed by atoms with Crippen LogP contribution in [0.5, 0.6) is 0 Å². The van der Waals surface area contributed by atoms with Gasteiger partial charge in [-0.2, -0.15) is 0 Å². The lowest BCUT2D eigenvalue weighted by atomic mass is 10.1. The third-order valence-corrected chi connectivity index (χ3v) is 3.68. The smallest absolute Gasteiger partial charge is 0.00671 e. The Hall–Kier alpha value is -0.0800. The summed E-state index contributed by atoms with van der Waals surface area (Å²) in [6.45, 7) is 11.4. The predicted molar refractivity (Wildman–Crippen MR) is 73.7 cm³/mol. The van der Waals surface area contributed by atoms with Crippen molar-refractivity contribution in [3.8, 4) is 0 Å². The van der Waals surface area contributed by atoms with E-state index in [1.54, 1.807) is 0 Å². The van der Waals surface area contributed by atoms with E-state index in [9.17, 15) is 0 Å². The van der Waals surface area contributed by atoms with Crippen LogP contribution in [0.15, 0.2) is 0 Å². The standard InChI is InChI=1S/C14H32N2/c1-5-13(3)16(14(4)6-2)12-10-8-7-9-11-15/h13-14H,5-12,15H2,1-4H3. The molecule has 2 heteroatoms. The van der Waals surface area contributed by atoms with Gasteiger partial charge < -0.3 is 5.73 Å². The van der Waals surface area contributed by atoms with Crippen LogP contribution < -0.4 is 5.73 Å². The summed E-state index contributed by atoms with van der Waals surface area (Å²) >= 11 is 0. The molecule has 0 bridgehead atoms. The molecule has 16 heavy (non-hydrogen) atoms. The van der Waals surface area contributed by atoms with Gasteiger partial charge in [-0.15, -0.1) is 0 Å².